The number of amides is 2. The number of ether oxygens (including phenoxy) is 1. The van der Waals surface area contributed by atoms with Crippen LogP contribution < -0.4 is 9.64 Å². The van der Waals surface area contributed by atoms with E-state index in [1.165, 1.54) is 6.08 Å². The Bertz CT molecular complexity index is 914. The molecule has 0 atom stereocenters. The first-order valence-electron chi connectivity index (χ1n) is 7.59. The molecule has 1 aliphatic heterocycles. The van der Waals surface area contributed by atoms with Gasteiger partial charge in [-0.15, -0.1) is 0 Å². The van der Waals surface area contributed by atoms with E-state index in [0.29, 0.717) is 33.1 Å². The monoisotopic (exact) mass is 453 g/mol. The molecule has 0 aliphatic carbocycles. The van der Waals surface area contributed by atoms with Crippen LogP contribution in [-0.4, -0.2) is 22.9 Å². The second kappa shape index (κ2) is 7.73. The summed E-state index contributed by atoms with van der Waals surface area (Å²) in [5.74, 6) is -0.252. The lowest BCUT2D eigenvalue weighted by atomic mass is 10.1. The number of benzene rings is 2. The first kappa shape index (κ1) is 18.8. The van der Waals surface area contributed by atoms with Crippen LogP contribution in [0.1, 0.15) is 12.5 Å². The van der Waals surface area contributed by atoms with Gasteiger partial charge >= 0.3 is 0 Å². The predicted molar refractivity (Wildman–Crippen MR) is 107 cm³/mol. The standard InChI is InChI=1S/C18H13BrClNO4S/c1-2-25-14-9-11(19)7-10(16(14)22)8-15-17(23)21(18(24)26-15)13-5-3-12(20)4-6-13/h3-9,22H,2H2,1H3/b15-8-. The molecule has 134 valence electrons. The zero-order valence-corrected chi connectivity index (χ0v) is 16.7. The number of imide groups is 1. The van der Waals surface area contributed by atoms with Crippen molar-refractivity contribution in [3.63, 3.8) is 0 Å². The Hall–Kier alpha value is -1.96. The second-order valence-corrected chi connectivity index (χ2v) is 7.61. The number of halogens is 2. The Kier molecular flexibility index (Phi) is 5.60. The summed E-state index contributed by atoms with van der Waals surface area (Å²) < 4.78 is 6.06. The van der Waals surface area contributed by atoms with Gasteiger partial charge in [-0.3, -0.25) is 9.59 Å². The first-order valence-corrected chi connectivity index (χ1v) is 9.58. The van der Waals surface area contributed by atoms with Crippen LogP contribution in [0.4, 0.5) is 10.5 Å². The van der Waals surface area contributed by atoms with E-state index in [0.717, 1.165) is 16.7 Å². The van der Waals surface area contributed by atoms with E-state index in [1.54, 1.807) is 43.3 Å². The van der Waals surface area contributed by atoms with Crippen molar-refractivity contribution >= 4 is 62.2 Å². The summed E-state index contributed by atoms with van der Waals surface area (Å²) in [4.78, 5) is 26.2. The lowest BCUT2D eigenvalue weighted by Gasteiger charge is -2.12. The number of anilines is 1. The molecule has 1 heterocycles. The van der Waals surface area contributed by atoms with Crippen LogP contribution in [0.5, 0.6) is 11.5 Å². The van der Waals surface area contributed by atoms with Gasteiger partial charge in [0.2, 0.25) is 0 Å². The topological polar surface area (TPSA) is 66.8 Å². The molecule has 1 fully saturated rings. The van der Waals surface area contributed by atoms with E-state index < -0.39 is 11.1 Å². The van der Waals surface area contributed by atoms with Gasteiger partial charge in [0, 0.05) is 15.1 Å². The fourth-order valence-corrected chi connectivity index (χ4v) is 3.80. The maximum Gasteiger partial charge on any atom is 0.298 e. The summed E-state index contributed by atoms with van der Waals surface area (Å²) in [7, 11) is 0. The summed E-state index contributed by atoms with van der Waals surface area (Å²) in [5.41, 5.74) is 0.818. The SMILES string of the molecule is CCOc1cc(Br)cc(/C=C2\SC(=O)N(c3ccc(Cl)cc3)C2=O)c1O. The molecule has 1 aliphatic rings. The van der Waals surface area contributed by atoms with Crippen molar-refractivity contribution in [2.24, 2.45) is 0 Å². The zero-order valence-electron chi connectivity index (χ0n) is 13.5. The lowest BCUT2D eigenvalue weighted by molar-refractivity contribution is -0.113. The number of thioether (sulfide) groups is 1. The summed E-state index contributed by atoms with van der Waals surface area (Å²) in [6.07, 6.45) is 1.48. The smallest absolute Gasteiger partial charge is 0.298 e. The largest absolute Gasteiger partial charge is 0.504 e. The minimum Gasteiger partial charge on any atom is -0.504 e. The molecule has 0 spiro atoms. The van der Waals surface area contributed by atoms with Crippen LogP contribution >= 0.6 is 39.3 Å². The van der Waals surface area contributed by atoms with Gasteiger partial charge in [-0.2, -0.15) is 0 Å². The highest BCUT2D eigenvalue weighted by molar-refractivity contribution is 9.10. The number of phenolic OH excluding ortho intramolecular Hbond substituents is 1. The average Bonchev–Trinajstić information content (AvgIpc) is 2.87. The molecule has 0 bridgehead atoms. The Morgan fingerprint density at radius 3 is 2.62 bits per heavy atom. The number of carbonyl (C=O) groups excluding carboxylic acids is 2. The van der Waals surface area contributed by atoms with Crippen molar-refractivity contribution < 1.29 is 19.4 Å². The minimum absolute atomic E-state index is 0.0895. The molecule has 26 heavy (non-hydrogen) atoms. The Labute approximate surface area is 167 Å². The fourth-order valence-electron chi connectivity index (χ4n) is 2.39. The maximum absolute atomic E-state index is 12.7. The van der Waals surface area contributed by atoms with E-state index in [1.807, 2.05) is 0 Å². The number of hydrogen-bond donors (Lipinski definition) is 1. The summed E-state index contributed by atoms with van der Waals surface area (Å²) in [6.45, 7) is 2.19. The third kappa shape index (κ3) is 3.75. The lowest BCUT2D eigenvalue weighted by Crippen LogP contribution is -2.27. The quantitative estimate of drug-likeness (QED) is 0.622. The van der Waals surface area contributed by atoms with Crippen LogP contribution in [-0.2, 0) is 4.79 Å². The highest BCUT2D eigenvalue weighted by Gasteiger charge is 2.36. The molecule has 1 saturated heterocycles. The molecule has 3 rings (SSSR count). The third-order valence-electron chi connectivity index (χ3n) is 3.53. The van der Waals surface area contributed by atoms with E-state index in [9.17, 15) is 14.7 Å². The van der Waals surface area contributed by atoms with Gasteiger partial charge in [0.1, 0.15) is 0 Å². The number of carbonyl (C=O) groups is 2. The molecule has 0 saturated carbocycles. The molecule has 2 amide bonds. The normalized spacial score (nSPS) is 15.8. The number of phenols is 1. The van der Waals surface area contributed by atoms with Crippen molar-refractivity contribution in [3.05, 3.63) is 56.4 Å². The van der Waals surface area contributed by atoms with Crippen molar-refractivity contribution in [2.45, 2.75) is 6.92 Å². The maximum atomic E-state index is 12.7. The number of nitrogens with zero attached hydrogens (tertiary/aromatic N) is 1. The Balaban J connectivity index is 1.97. The van der Waals surface area contributed by atoms with Crippen LogP contribution in [0.15, 0.2) is 45.8 Å². The van der Waals surface area contributed by atoms with E-state index in [4.69, 9.17) is 16.3 Å². The van der Waals surface area contributed by atoms with Gasteiger partial charge in [-0.05, 0) is 61.2 Å². The molecule has 0 aromatic heterocycles. The molecule has 0 radical (unpaired) electrons. The van der Waals surface area contributed by atoms with Crippen molar-refractivity contribution in [2.75, 3.05) is 11.5 Å². The van der Waals surface area contributed by atoms with Gasteiger partial charge in [0.05, 0.1) is 17.2 Å². The molecule has 0 unspecified atom stereocenters. The van der Waals surface area contributed by atoms with Gasteiger partial charge in [0.25, 0.3) is 11.1 Å². The highest BCUT2D eigenvalue weighted by Crippen LogP contribution is 2.40. The summed E-state index contributed by atoms with van der Waals surface area (Å²) >= 11 is 10.0. The minimum atomic E-state index is -0.459. The predicted octanol–water partition coefficient (Wildman–Crippen LogP) is 5.45. The van der Waals surface area contributed by atoms with Gasteiger partial charge in [-0.25, -0.2) is 4.90 Å². The zero-order chi connectivity index (χ0) is 18.8. The van der Waals surface area contributed by atoms with Crippen LogP contribution in [0.25, 0.3) is 6.08 Å². The van der Waals surface area contributed by atoms with Crippen LogP contribution in [0, 0.1) is 0 Å². The Morgan fingerprint density at radius 2 is 1.96 bits per heavy atom. The van der Waals surface area contributed by atoms with Gasteiger partial charge in [-0.1, -0.05) is 27.5 Å². The Morgan fingerprint density at radius 1 is 1.27 bits per heavy atom. The van der Waals surface area contributed by atoms with E-state index >= 15 is 0 Å². The van der Waals surface area contributed by atoms with Crippen molar-refractivity contribution in [1.29, 1.82) is 0 Å². The number of aromatic hydroxyl groups is 1. The van der Waals surface area contributed by atoms with E-state index in [-0.39, 0.29) is 10.7 Å². The molecule has 2 aromatic carbocycles. The molecule has 1 N–H and O–H groups in total. The number of rotatable bonds is 4. The fraction of sp³-hybridized carbons (Fsp3) is 0.111. The van der Waals surface area contributed by atoms with Crippen LogP contribution in [0.3, 0.4) is 0 Å². The third-order valence-corrected chi connectivity index (χ3v) is 5.11. The average molecular weight is 455 g/mol. The van der Waals surface area contributed by atoms with Crippen LogP contribution in [0.2, 0.25) is 5.02 Å². The van der Waals surface area contributed by atoms with E-state index in [2.05, 4.69) is 15.9 Å². The van der Waals surface area contributed by atoms with Gasteiger partial charge in [0.15, 0.2) is 11.5 Å². The molecular weight excluding hydrogens is 442 g/mol. The molecular formula is C18H13BrClNO4S. The highest BCUT2D eigenvalue weighted by atomic mass is 79.9. The van der Waals surface area contributed by atoms with Gasteiger partial charge < -0.3 is 9.84 Å². The molecule has 2 aromatic rings. The van der Waals surface area contributed by atoms with Crippen molar-refractivity contribution in [3.8, 4) is 11.5 Å². The summed E-state index contributed by atoms with van der Waals surface area (Å²) in [5, 5.41) is 10.4. The number of hydrogen-bond acceptors (Lipinski definition) is 5. The second-order valence-electron chi connectivity index (χ2n) is 5.27. The molecule has 5 nitrogen and oxygen atoms in total. The first-order chi connectivity index (χ1) is 12.4. The summed E-state index contributed by atoms with van der Waals surface area (Å²) in [6, 6.07) is 9.71. The molecule has 8 heteroatoms. The van der Waals surface area contributed by atoms with Crippen molar-refractivity contribution in [1.82, 2.24) is 0 Å².